The molecule has 0 aliphatic carbocycles. The summed E-state index contributed by atoms with van der Waals surface area (Å²) in [5.41, 5.74) is 1.23. The Morgan fingerprint density at radius 3 is 2.50 bits per heavy atom. The highest BCUT2D eigenvalue weighted by molar-refractivity contribution is 5.75. The number of rotatable bonds is 8. The molecule has 0 spiro atoms. The molecule has 0 fully saturated rings. The Morgan fingerprint density at radius 1 is 1.22 bits per heavy atom. The van der Waals surface area contributed by atoms with Gasteiger partial charge in [0.05, 0.1) is 0 Å². The fraction of sp³-hybridized carbons (Fsp3) is 0.500. The van der Waals surface area contributed by atoms with E-state index in [2.05, 4.69) is 17.4 Å². The largest absolute Gasteiger partial charge is 0.356 e. The summed E-state index contributed by atoms with van der Waals surface area (Å²) >= 11 is 0. The lowest BCUT2D eigenvalue weighted by Gasteiger charge is -2.12. The molecule has 0 atom stereocenters. The molecule has 0 saturated carbocycles. The third-order valence-electron chi connectivity index (χ3n) is 2.71. The summed E-state index contributed by atoms with van der Waals surface area (Å²) in [4.78, 5) is 11.5. The zero-order chi connectivity index (χ0) is 13.2. The van der Waals surface area contributed by atoms with Crippen LogP contribution in [0.25, 0.3) is 0 Å². The van der Waals surface area contributed by atoms with Crippen LogP contribution in [0.1, 0.15) is 18.4 Å². The van der Waals surface area contributed by atoms with Gasteiger partial charge in [-0.3, -0.25) is 4.79 Å². The molecule has 1 aromatic carbocycles. The second-order valence-corrected chi connectivity index (χ2v) is 4.03. The molecular formula is C14H21NO3. The molecule has 4 heteroatoms. The minimum atomic E-state index is -0.301. The summed E-state index contributed by atoms with van der Waals surface area (Å²) in [6, 6.07) is 10.1. The van der Waals surface area contributed by atoms with Gasteiger partial charge in [-0.25, -0.2) is 0 Å². The molecule has 1 rings (SSSR count). The minimum absolute atomic E-state index is 0.0324. The van der Waals surface area contributed by atoms with Crippen molar-refractivity contribution in [3.05, 3.63) is 35.9 Å². The quantitative estimate of drug-likeness (QED) is 0.716. The predicted octanol–water partition coefficient (Wildman–Crippen LogP) is 1.74. The molecule has 0 unspecified atom stereocenters. The van der Waals surface area contributed by atoms with Gasteiger partial charge in [-0.05, 0) is 12.0 Å². The molecule has 1 amide bonds. The van der Waals surface area contributed by atoms with Crippen LogP contribution in [0.15, 0.2) is 30.3 Å². The van der Waals surface area contributed by atoms with Gasteiger partial charge in [0.25, 0.3) is 0 Å². The normalized spacial score (nSPS) is 10.6. The Kier molecular flexibility index (Phi) is 7.06. The van der Waals surface area contributed by atoms with Crippen molar-refractivity contribution in [2.75, 3.05) is 20.8 Å². The van der Waals surface area contributed by atoms with Gasteiger partial charge in [-0.1, -0.05) is 30.3 Å². The van der Waals surface area contributed by atoms with Gasteiger partial charge in [0.15, 0.2) is 6.29 Å². The predicted molar refractivity (Wildman–Crippen MR) is 70.2 cm³/mol. The van der Waals surface area contributed by atoms with Crippen LogP contribution in [0.5, 0.6) is 0 Å². The number of nitrogens with one attached hydrogen (secondary N) is 1. The van der Waals surface area contributed by atoms with E-state index in [4.69, 9.17) is 9.47 Å². The Balaban J connectivity index is 2.14. The van der Waals surface area contributed by atoms with Gasteiger partial charge in [0.2, 0.25) is 5.91 Å². The van der Waals surface area contributed by atoms with E-state index in [1.807, 2.05) is 18.2 Å². The van der Waals surface area contributed by atoms with Crippen molar-refractivity contribution in [2.45, 2.75) is 25.6 Å². The van der Waals surface area contributed by atoms with Crippen LogP contribution in [0.4, 0.5) is 0 Å². The van der Waals surface area contributed by atoms with Crippen LogP contribution < -0.4 is 5.32 Å². The van der Waals surface area contributed by atoms with Crippen molar-refractivity contribution < 1.29 is 14.3 Å². The molecular weight excluding hydrogens is 230 g/mol. The minimum Gasteiger partial charge on any atom is -0.356 e. The molecule has 100 valence electrons. The lowest BCUT2D eigenvalue weighted by molar-refractivity contribution is -0.128. The van der Waals surface area contributed by atoms with E-state index in [1.54, 1.807) is 14.2 Å². The first-order valence-corrected chi connectivity index (χ1v) is 6.12. The number of hydrogen-bond acceptors (Lipinski definition) is 3. The van der Waals surface area contributed by atoms with Gasteiger partial charge in [-0.15, -0.1) is 0 Å². The van der Waals surface area contributed by atoms with Gasteiger partial charge < -0.3 is 14.8 Å². The lowest BCUT2D eigenvalue weighted by atomic mass is 10.1. The molecule has 0 aromatic heterocycles. The van der Waals surface area contributed by atoms with Crippen LogP contribution >= 0.6 is 0 Å². The van der Waals surface area contributed by atoms with E-state index in [1.165, 1.54) is 5.56 Å². The summed E-state index contributed by atoms with van der Waals surface area (Å²) < 4.78 is 10.0. The maximum atomic E-state index is 11.5. The number of carbonyl (C=O) groups is 1. The average molecular weight is 251 g/mol. The highest BCUT2D eigenvalue weighted by Gasteiger charge is 2.08. The van der Waals surface area contributed by atoms with Gasteiger partial charge in [0.1, 0.15) is 0 Å². The Bertz CT molecular complexity index is 336. The number of carbonyl (C=O) groups excluding carboxylic acids is 1. The van der Waals surface area contributed by atoms with E-state index in [-0.39, 0.29) is 12.2 Å². The van der Waals surface area contributed by atoms with Gasteiger partial charge in [0, 0.05) is 33.6 Å². The van der Waals surface area contributed by atoms with Gasteiger partial charge >= 0.3 is 0 Å². The second kappa shape index (κ2) is 8.66. The number of methoxy groups -OCH3 is 2. The van der Waals surface area contributed by atoms with Crippen molar-refractivity contribution in [3.8, 4) is 0 Å². The van der Waals surface area contributed by atoms with Gasteiger partial charge in [-0.2, -0.15) is 0 Å². The molecule has 0 bridgehead atoms. The average Bonchev–Trinajstić information content (AvgIpc) is 2.41. The molecule has 1 aromatic rings. The zero-order valence-electron chi connectivity index (χ0n) is 11.0. The highest BCUT2D eigenvalue weighted by atomic mass is 16.7. The zero-order valence-corrected chi connectivity index (χ0v) is 11.0. The van der Waals surface area contributed by atoms with Crippen LogP contribution in [-0.2, 0) is 20.7 Å². The molecule has 0 aliphatic heterocycles. The highest BCUT2D eigenvalue weighted by Crippen LogP contribution is 2.02. The van der Waals surface area contributed by atoms with E-state index in [0.29, 0.717) is 19.4 Å². The molecule has 1 N–H and O–H groups in total. The lowest BCUT2D eigenvalue weighted by Crippen LogP contribution is -2.27. The molecule has 0 heterocycles. The van der Waals surface area contributed by atoms with Crippen LogP contribution in [0, 0.1) is 0 Å². The molecule has 4 nitrogen and oxygen atoms in total. The van der Waals surface area contributed by atoms with E-state index < -0.39 is 0 Å². The Morgan fingerprint density at radius 2 is 1.89 bits per heavy atom. The Hall–Kier alpha value is -1.39. The van der Waals surface area contributed by atoms with Crippen LogP contribution in [0.2, 0.25) is 0 Å². The first-order valence-electron chi connectivity index (χ1n) is 6.12. The van der Waals surface area contributed by atoms with Crippen LogP contribution in [0.3, 0.4) is 0 Å². The molecule has 0 radical (unpaired) electrons. The fourth-order valence-corrected chi connectivity index (χ4v) is 1.66. The van der Waals surface area contributed by atoms with Crippen LogP contribution in [-0.4, -0.2) is 33.0 Å². The first kappa shape index (κ1) is 14.7. The first-order chi connectivity index (χ1) is 8.76. The van der Waals surface area contributed by atoms with Crippen molar-refractivity contribution in [2.24, 2.45) is 0 Å². The number of ether oxygens (including phenoxy) is 2. The third-order valence-corrected chi connectivity index (χ3v) is 2.71. The molecule has 0 saturated heterocycles. The maximum absolute atomic E-state index is 11.5. The maximum Gasteiger partial charge on any atom is 0.220 e. The molecule has 0 aliphatic rings. The standard InChI is InChI=1S/C14H21NO3/c1-17-14(18-2)9-8-13(16)15-11-10-12-6-4-3-5-7-12/h3-7,14H,8-11H2,1-2H3,(H,15,16). The number of hydrogen-bond donors (Lipinski definition) is 1. The topological polar surface area (TPSA) is 47.6 Å². The number of amides is 1. The van der Waals surface area contributed by atoms with Crippen molar-refractivity contribution in [1.82, 2.24) is 5.32 Å². The summed E-state index contributed by atoms with van der Waals surface area (Å²) in [7, 11) is 3.14. The summed E-state index contributed by atoms with van der Waals surface area (Å²) in [5, 5.41) is 2.88. The van der Waals surface area contributed by atoms with E-state index in [9.17, 15) is 4.79 Å². The summed E-state index contributed by atoms with van der Waals surface area (Å²) in [6.07, 6.45) is 1.54. The van der Waals surface area contributed by atoms with Crippen molar-refractivity contribution in [1.29, 1.82) is 0 Å². The van der Waals surface area contributed by atoms with E-state index in [0.717, 1.165) is 6.42 Å². The molecule has 18 heavy (non-hydrogen) atoms. The SMILES string of the molecule is COC(CCC(=O)NCCc1ccccc1)OC. The monoisotopic (exact) mass is 251 g/mol. The summed E-state index contributed by atoms with van der Waals surface area (Å²) in [6.45, 7) is 0.660. The van der Waals surface area contributed by atoms with E-state index >= 15 is 0 Å². The third kappa shape index (κ3) is 5.80. The number of benzene rings is 1. The Labute approximate surface area is 108 Å². The summed E-state index contributed by atoms with van der Waals surface area (Å²) in [5.74, 6) is 0.0324. The van der Waals surface area contributed by atoms with Crippen molar-refractivity contribution >= 4 is 5.91 Å². The smallest absolute Gasteiger partial charge is 0.220 e. The fourth-order valence-electron chi connectivity index (χ4n) is 1.66. The second-order valence-electron chi connectivity index (χ2n) is 4.03. The van der Waals surface area contributed by atoms with Crippen molar-refractivity contribution in [3.63, 3.8) is 0 Å².